The van der Waals surface area contributed by atoms with E-state index in [1.165, 1.54) is 39.2 Å². The molecule has 0 radical (unpaired) electrons. The molecule has 0 spiro atoms. The quantitative estimate of drug-likeness (QED) is 0.729. The Labute approximate surface area is 98.3 Å². The van der Waals surface area contributed by atoms with Gasteiger partial charge in [-0.3, -0.25) is 4.79 Å². The Hall–Kier alpha value is -0.610. The molecule has 0 aromatic heterocycles. The van der Waals surface area contributed by atoms with Crippen LogP contribution in [0.4, 0.5) is 0 Å². The molecular formula is C12H24N2O2. The largest absolute Gasteiger partial charge is 0.468 e. The Morgan fingerprint density at radius 2 is 1.81 bits per heavy atom. The standard InChI is InChI=1S/C12H24N2O2/c1-13-11(12(15)16-2)10-14-8-6-4-3-5-7-9-14/h11,13H,3-10H2,1-2H3. The first-order valence-electron chi connectivity index (χ1n) is 6.25. The van der Waals surface area contributed by atoms with E-state index in [1.54, 1.807) is 0 Å². The lowest BCUT2D eigenvalue weighted by Crippen LogP contribution is -2.46. The molecule has 4 nitrogen and oxygen atoms in total. The maximum absolute atomic E-state index is 11.5. The first-order chi connectivity index (χ1) is 7.77. The Kier molecular flexibility index (Phi) is 6.42. The maximum atomic E-state index is 11.5. The van der Waals surface area contributed by atoms with Crippen molar-refractivity contribution in [3.05, 3.63) is 0 Å². The summed E-state index contributed by atoms with van der Waals surface area (Å²) in [6, 6.07) is -0.190. The third-order valence-electron chi connectivity index (χ3n) is 3.22. The van der Waals surface area contributed by atoms with Crippen LogP contribution in [0.25, 0.3) is 0 Å². The first-order valence-corrected chi connectivity index (χ1v) is 6.25. The van der Waals surface area contributed by atoms with Gasteiger partial charge >= 0.3 is 5.97 Å². The molecule has 0 bridgehead atoms. The highest BCUT2D eigenvalue weighted by Crippen LogP contribution is 2.10. The van der Waals surface area contributed by atoms with Crippen LogP contribution in [0.3, 0.4) is 0 Å². The summed E-state index contributed by atoms with van der Waals surface area (Å²) in [4.78, 5) is 13.8. The van der Waals surface area contributed by atoms with Gasteiger partial charge in [0.05, 0.1) is 7.11 Å². The van der Waals surface area contributed by atoms with Crippen molar-refractivity contribution in [2.45, 2.75) is 38.1 Å². The van der Waals surface area contributed by atoms with Crippen molar-refractivity contribution in [1.29, 1.82) is 0 Å². The van der Waals surface area contributed by atoms with Crippen LogP contribution in [-0.4, -0.2) is 50.7 Å². The second-order valence-electron chi connectivity index (χ2n) is 4.43. The number of hydrogen-bond donors (Lipinski definition) is 1. The monoisotopic (exact) mass is 228 g/mol. The molecule has 1 fully saturated rings. The zero-order valence-corrected chi connectivity index (χ0v) is 10.5. The lowest BCUT2D eigenvalue weighted by atomic mass is 10.1. The fourth-order valence-electron chi connectivity index (χ4n) is 2.18. The highest BCUT2D eigenvalue weighted by molar-refractivity contribution is 5.75. The summed E-state index contributed by atoms with van der Waals surface area (Å²) in [5, 5.41) is 3.02. The SMILES string of the molecule is CNC(CN1CCCCCCC1)C(=O)OC. The normalized spacial score (nSPS) is 20.9. The van der Waals surface area contributed by atoms with E-state index in [0.29, 0.717) is 0 Å². The van der Waals surface area contributed by atoms with Gasteiger partial charge in [-0.15, -0.1) is 0 Å². The molecule has 94 valence electrons. The van der Waals surface area contributed by atoms with Crippen LogP contribution >= 0.6 is 0 Å². The second kappa shape index (κ2) is 7.63. The number of carbonyl (C=O) groups is 1. The summed E-state index contributed by atoms with van der Waals surface area (Å²) >= 11 is 0. The molecule has 1 aliphatic rings. The molecule has 0 aliphatic carbocycles. The number of rotatable bonds is 4. The van der Waals surface area contributed by atoms with Gasteiger partial charge in [0.2, 0.25) is 0 Å². The molecule has 1 unspecified atom stereocenters. The van der Waals surface area contributed by atoms with Crippen molar-refractivity contribution in [2.75, 3.05) is 33.8 Å². The fraction of sp³-hybridized carbons (Fsp3) is 0.917. The molecule has 4 heteroatoms. The van der Waals surface area contributed by atoms with Crippen LogP contribution < -0.4 is 5.32 Å². The lowest BCUT2D eigenvalue weighted by molar-refractivity contribution is -0.143. The minimum Gasteiger partial charge on any atom is -0.468 e. The number of esters is 1. The number of likely N-dealkylation sites (tertiary alicyclic amines) is 1. The number of ether oxygens (including phenoxy) is 1. The van der Waals surface area contributed by atoms with E-state index in [0.717, 1.165) is 19.6 Å². The third-order valence-corrected chi connectivity index (χ3v) is 3.22. The van der Waals surface area contributed by atoms with Gasteiger partial charge in [-0.1, -0.05) is 19.3 Å². The van der Waals surface area contributed by atoms with Crippen LogP contribution in [0.1, 0.15) is 32.1 Å². The molecule has 1 heterocycles. The van der Waals surface area contributed by atoms with Crippen molar-refractivity contribution in [2.24, 2.45) is 0 Å². The van der Waals surface area contributed by atoms with Gasteiger partial charge in [0.15, 0.2) is 0 Å². The first kappa shape index (κ1) is 13.5. The molecule has 1 saturated heterocycles. The van der Waals surface area contributed by atoms with Gasteiger partial charge in [0.1, 0.15) is 6.04 Å². The minimum absolute atomic E-state index is 0.162. The van der Waals surface area contributed by atoms with Crippen molar-refractivity contribution in [3.63, 3.8) is 0 Å². The lowest BCUT2D eigenvalue weighted by Gasteiger charge is -2.27. The van der Waals surface area contributed by atoms with Crippen LogP contribution in [0.2, 0.25) is 0 Å². The van der Waals surface area contributed by atoms with Gasteiger partial charge in [0.25, 0.3) is 0 Å². The Balaban J connectivity index is 2.39. The molecule has 0 aromatic rings. The summed E-state index contributed by atoms with van der Waals surface area (Å²) in [7, 11) is 3.26. The van der Waals surface area contributed by atoms with Gasteiger partial charge in [0, 0.05) is 6.54 Å². The number of nitrogens with zero attached hydrogens (tertiary/aromatic N) is 1. The molecular weight excluding hydrogens is 204 g/mol. The van der Waals surface area contributed by atoms with E-state index in [-0.39, 0.29) is 12.0 Å². The number of methoxy groups -OCH3 is 1. The van der Waals surface area contributed by atoms with Crippen molar-refractivity contribution in [3.8, 4) is 0 Å². The third kappa shape index (κ3) is 4.49. The van der Waals surface area contributed by atoms with Crippen LogP contribution in [-0.2, 0) is 9.53 Å². The number of likely N-dealkylation sites (N-methyl/N-ethyl adjacent to an activating group) is 1. The smallest absolute Gasteiger partial charge is 0.324 e. The predicted octanol–water partition coefficient (Wildman–Crippen LogP) is 1.01. The van der Waals surface area contributed by atoms with E-state index in [2.05, 4.69) is 10.2 Å². The zero-order valence-electron chi connectivity index (χ0n) is 10.5. The maximum Gasteiger partial charge on any atom is 0.324 e. The summed E-state index contributed by atoms with van der Waals surface area (Å²) in [6.45, 7) is 2.98. The van der Waals surface area contributed by atoms with Gasteiger partial charge in [-0.2, -0.15) is 0 Å². The van der Waals surface area contributed by atoms with E-state index in [4.69, 9.17) is 4.74 Å². The van der Waals surface area contributed by atoms with Crippen molar-refractivity contribution >= 4 is 5.97 Å². The van der Waals surface area contributed by atoms with Crippen LogP contribution in [0.5, 0.6) is 0 Å². The Morgan fingerprint density at radius 1 is 1.25 bits per heavy atom. The van der Waals surface area contributed by atoms with Gasteiger partial charge in [-0.05, 0) is 33.0 Å². The average molecular weight is 228 g/mol. The minimum atomic E-state index is -0.190. The Morgan fingerprint density at radius 3 is 2.31 bits per heavy atom. The zero-order chi connectivity index (χ0) is 11.8. The Bertz CT molecular complexity index is 201. The summed E-state index contributed by atoms with van der Waals surface area (Å²) < 4.78 is 4.77. The van der Waals surface area contributed by atoms with Gasteiger partial charge in [-0.25, -0.2) is 0 Å². The molecule has 0 amide bonds. The van der Waals surface area contributed by atoms with E-state index in [1.807, 2.05) is 7.05 Å². The highest BCUT2D eigenvalue weighted by atomic mass is 16.5. The molecule has 0 saturated carbocycles. The number of hydrogen-bond acceptors (Lipinski definition) is 4. The van der Waals surface area contributed by atoms with E-state index in [9.17, 15) is 4.79 Å². The summed E-state index contributed by atoms with van der Waals surface area (Å²) in [5.74, 6) is -0.162. The number of carbonyl (C=O) groups excluding carboxylic acids is 1. The second-order valence-corrected chi connectivity index (χ2v) is 4.43. The number of nitrogens with one attached hydrogen (secondary N) is 1. The molecule has 0 aromatic carbocycles. The molecule has 1 atom stereocenters. The summed E-state index contributed by atoms with van der Waals surface area (Å²) in [6.07, 6.45) is 6.49. The fourth-order valence-corrected chi connectivity index (χ4v) is 2.18. The highest BCUT2D eigenvalue weighted by Gasteiger charge is 2.20. The molecule has 1 N–H and O–H groups in total. The molecule has 1 aliphatic heterocycles. The van der Waals surface area contributed by atoms with Gasteiger partial charge < -0.3 is 15.0 Å². The van der Waals surface area contributed by atoms with Crippen LogP contribution in [0, 0.1) is 0 Å². The topological polar surface area (TPSA) is 41.6 Å². The van der Waals surface area contributed by atoms with E-state index >= 15 is 0 Å². The average Bonchev–Trinajstić information content (AvgIpc) is 2.27. The predicted molar refractivity (Wildman–Crippen MR) is 64.4 cm³/mol. The summed E-state index contributed by atoms with van der Waals surface area (Å²) in [5.41, 5.74) is 0. The molecule has 16 heavy (non-hydrogen) atoms. The van der Waals surface area contributed by atoms with Crippen molar-refractivity contribution in [1.82, 2.24) is 10.2 Å². The van der Waals surface area contributed by atoms with E-state index < -0.39 is 0 Å². The van der Waals surface area contributed by atoms with Crippen LogP contribution in [0.15, 0.2) is 0 Å². The van der Waals surface area contributed by atoms with Crippen molar-refractivity contribution < 1.29 is 9.53 Å². The molecule has 1 rings (SSSR count).